The molecule has 5 heteroatoms. The van der Waals surface area contributed by atoms with Gasteiger partial charge in [-0.2, -0.15) is 0 Å². The van der Waals surface area contributed by atoms with E-state index >= 15 is 0 Å². The van der Waals surface area contributed by atoms with Crippen molar-refractivity contribution in [2.24, 2.45) is 0 Å². The monoisotopic (exact) mass is 301 g/mol. The van der Waals surface area contributed by atoms with Crippen LogP contribution in [-0.4, -0.2) is 14.3 Å². The molecule has 3 rings (SSSR count). The standard InChI is InChI=1S/C16H15NO3S/c18-16-11-15(21(19,20)17-16)14-8-6-13(7-9-14)10-12-4-2-1-3-5-12/h1-9,15H,10-11H2,(H,17,18). The second-order valence-electron chi connectivity index (χ2n) is 5.17. The van der Waals surface area contributed by atoms with Crippen molar-refractivity contribution in [2.45, 2.75) is 18.1 Å². The highest BCUT2D eigenvalue weighted by atomic mass is 32.2. The zero-order valence-electron chi connectivity index (χ0n) is 11.3. The first-order chi connectivity index (χ1) is 10.0. The number of rotatable bonds is 3. The van der Waals surface area contributed by atoms with Crippen LogP contribution in [0.3, 0.4) is 0 Å². The topological polar surface area (TPSA) is 63.2 Å². The van der Waals surface area contributed by atoms with Gasteiger partial charge in [0.2, 0.25) is 15.9 Å². The van der Waals surface area contributed by atoms with Crippen molar-refractivity contribution >= 4 is 15.9 Å². The summed E-state index contributed by atoms with van der Waals surface area (Å²) in [6, 6.07) is 17.5. The van der Waals surface area contributed by atoms with Crippen LogP contribution in [0.4, 0.5) is 0 Å². The van der Waals surface area contributed by atoms with E-state index in [0.717, 1.165) is 12.0 Å². The van der Waals surface area contributed by atoms with Crippen LogP contribution in [0.1, 0.15) is 28.4 Å². The molecule has 0 saturated carbocycles. The van der Waals surface area contributed by atoms with E-state index in [2.05, 4.69) is 12.1 Å². The molecule has 0 radical (unpaired) electrons. The second-order valence-corrected chi connectivity index (χ2v) is 7.03. The minimum absolute atomic E-state index is 0.000362. The van der Waals surface area contributed by atoms with Gasteiger partial charge >= 0.3 is 0 Å². The highest BCUT2D eigenvalue weighted by molar-refractivity contribution is 7.90. The van der Waals surface area contributed by atoms with Gasteiger partial charge < -0.3 is 0 Å². The van der Waals surface area contributed by atoms with E-state index in [0.29, 0.717) is 5.56 Å². The largest absolute Gasteiger partial charge is 0.274 e. The molecule has 1 aliphatic rings. The van der Waals surface area contributed by atoms with Crippen LogP contribution in [0.25, 0.3) is 0 Å². The molecule has 1 amide bonds. The molecule has 2 aromatic carbocycles. The normalized spacial score (nSPS) is 20.2. The maximum absolute atomic E-state index is 11.8. The molecule has 21 heavy (non-hydrogen) atoms. The van der Waals surface area contributed by atoms with Gasteiger partial charge in [0.15, 0.2) is 0 Å². The van der Waals surface area contributed by atoms with Crippen LogP contribution in [0.5, 0.6) is 0 Å². The van der Waals surface area contributed by atoms with Gasteiger partial charge in [0.25, 0.3) is 0 Å². The Kier molecular flexibility index (Phi) is 3.51. The van der Waals surface area contributed by atoms with E-state index in [4.69, 9.17) is 0 Å². The Hall–Kier alpha value is -2.14. The number of nitrogens with one attached hydrogen (secondary N) is 1. The fraction of sp³-hybridized carbons (Fsp3) is 0.188. The first-order valence-electron chi connectivity index (χ1n) is 6.72. The Labute approximate surface area is 123 Å². The third-order valence-electron chi connectivity index (χ3n) is 3.60. The zero-order valence-corrected chi connectivity index (χ0v) is 12.1. The number of hydrogen-bond acceptors (Lipinski definition) is 3. The summed E-state index contributed by atoms with van der Waals surface area (Å²) < 4.78 is 25.7. The summed E-state index contributed by atoms with van der Waals surface area (Å²) in [6.07, 6.45) is 0.802. The van der Waals surface area contributed by atoms with Gasteiger partial charge in [-0.1, -0.05) is 54.6 Å². The lowest BCUT2D eigenvalue weighted by Crippen LogP contribution is -2.21. The second kappa shape index (κ2) is 5.33. The highest BCUT2D eigenvalue weighted by Crippen LogP contribution is 2.30. The molecule has 1 unspecified atom stereocenters. The van der Waals surface area contributed by atoms with E-state index in [1.807, 2.05) is 35.1 Å². The minimum atomic E-state index is -3.56. The third-order valence-corrected chi connectivity index (χ3v) is 5.30. The van der Waals surface area contributed by atoms with Crippen LogP contribution >= 0.6 is 0 Å². The van der Waals surface area contributed by atoms with Gasteiger partial charge in [-0.25, -0.2) is 8.42 Å². The highest BCUT2D eigenvalue weighted by Gasteiger charge is 2.37. The molecular formula is C16H15NO3S. The quantitative estimate of drug-likeness (QED) is 0.945. The average Bonchev–Trinajstić information content (AvgIpc) is 2.74. The Bertz CT molecular complexity index is 752. The lowest BCUT2D eigenvalue weighted by molar-refractivity contribution is -0.118. The van der Waals surface area contributed by atoms with Crippen LogP contribution in [-0.2, 0) is 21.2 Å². The fourth-order valence-corrected chi connectivity index (χ4v) is 3.96. The van der Waals surface area contributed by atoms with Gasteiger partial charge in [-0.3, -0.25) is 9.52 Å². The molecule has 0 aliphatic carbocycles. The molecule has 1 aliphatic heterocycles. The van der Waals surface area contributed by atoms with E-state index in [1.54, 1.807) is 12.1 Å². The maximum atomic E-state index is 11.8. The molecule has 0 spiro atoms. The van der Waals surface area contributed by atoms with Crippen molar-refractivity contribution in [3.63, 3.8) is 0 Å². The molecule has 4 nitrogen and oxygen atoms in total. The van der Waals surface area contributed by atoms with Crippen molar-refractivity contribution in [3.05, 3.63) is 71.3 Å². The van der Waals surface area contributed by atoms with Crippen molar-refractivity contribution in [3.8, 4) is 0 Å². The smallest absolute Gasteiger partial charge is 0.242 e. The van der Waals surface area contributed by atoms with Gasteiger partial charge in [0.1, 0.15) is 5.25 Å². The SMILES string of the molecule is O=C1CC(c2ccc(Cc3ccccc3)cc2)S(=O)(=O)N1. The Balaban J connectivity index is 1.80. The van der Waals surface area contributed by atoms with E-state index in [9.17, 15) is 13.2 Å². The average molecular weight is 301 g/mol. The molecule has 108 valence electrons. The Morgan fingerprint density at radius 2 is 1.57 bits per heavy atom. The minimum Gasteiger partial charge on any atom is -0.274 e. The van der Waals surface area contributed by atoms with Crippen molar-refractivity contribution in [2.75, 3.05) is 0 Å². The molecule has 1 N–H and O–H groups in total. The molecule has 1 heterocycles. The fourth-order valence-electron chi connectivity index (χ4n) is 2.53. The molecule has 0 bridgehead atoms. The van der Waals surface area contributed by atoms with Crippen molar-refractivity contribution in [1.29, 1.82) is 0 Å². The molecule has 1 atom stereocenters. The van der Waals surface area contributed by atoms with Gasteiger partial charge in [-0.15, -0.1) is 0 Å². The van der Waals surface area contributed by atoms with Crippen LogP contribution in [0, 0.1) is 0 Å². The predicted molar refractivity (Wildman–Crippen MR) is 80.1 cm³/mol. The van der Waals surface area contributed by atoms with Gasteiger partial charge in [0.05, 0.1) is 6.42 Å². The summed E-state index contributed by atoms with van der Waals surface area (Å²) in [7, 11) is -3.56. The van der Waals surface area contributed by atoms with Crippen molar-refractivity contribution in [1.82, 2.24) is 4.72 Å². The summed E-state index contributed by atoms with van der Waals surface area (Å²) in [5.74, 6) is -0.437. The summed E-state index contributed by atoms with van der Waals surface area (Å²) in [4.78, 5) is 11.3. The Morgan fingerprint density at radius 3 is 2.14 bits per heavy atom. The molecule has 2 aromatic rings. The van der Waals surface area contributed by atoms with E-state index in [1.165, 1.54) is 5.56 Å². The van der Waals surface area contributed by atoms with Crippen molar-refractivity contribution < 1.29 is 13.2 Å². The lowest BCUT2D eigenvalue weighted by Gasteiger charge is -2.09. The van der Waals surface area contributed by atoms with Gasteiger partial charge in [0, 0.05) is 0 Å². The van der Waals surface area contributed by atoms with E-state index in [-0.39, 0.29) is 6.42 Å². The van der Waals surface area contributed by atoms with Crippen LogP contribution < -0.4 is 4.72 Å². The Morgan fingerprint density at radius 1 is 0.952 bits per heavy atom. The predicted octanol–water partition coefficient (Wildman–Crippen LogP) is 2.17. The molecular weight excluding hydrogens is 286 g/mol. The first kappa shape index (κ1) is 13.8. The number of amides is 1. The maximum Gasteiger partial charge on any atom is 0.242 e. The van der Waals surface area contributed by atoms with Gasteiger partial charge in [-0.05, 0) is 23.1 Å². The van der Waals surface area contributed by atoms with Crippen LogP contribution in [0.15, 0.2) is 54.6 Å². The number of carbonyl (C=O) groups excluding carboxylic acids is 1. The van der Waals surface area contributed by atoms with E-state index < -0.39 is 21.2 Å². The summed E-state index contributed by atoms with van der Waals surface area (Å²) in [5, 5.41) is -0.768. The van der Waals surface area contributed by atoms with Crippen LogP contribution in [0.2, 0.25) is 0 Å². The third kappa shape index (κ3) is 2.97. The number of sulfonamides is 1. The molecule has 0 aromatic heterocycles. The summed E-state index contributed by atoms with van der Waals surface area (Å²) in [6.45, 7) is 0. The number of hydrogen-bond donors (Lipinski definition) is 1. The summed E-state index contributed by atoms with van der Waals surface area (Å²) >= 11 is 0. The zero-order chi connectivity index (χ0) is 14.9. The lowest BCUT2D eigenvalue weighted by atomic mass is 10.0. The molecule has 1 saturated heterocycles. The number of benzene rings is 2. The summed E-state index contributed by atoms with van der Waals surface area (Å²) in [5.41, 5.74) is 2.97. The number of carbonyl (C=O) groups is 1. The first-order valence-corrected chi connectivity index (χ1v) is 8.26. The molecule has 1 fully saturated rings.